The minimum absolute atomic E-state index is 0. The van der Waals surface area contributed by atoms with Crippen LogP contribution in [0.3, 0.4) is 0 Å². The number of pyridine rings is 1. The van der Waals surface area contributed by atoms with E-state index in [1.54, 1.807) is 10.6 Å². The van der Waals surface area contributed by atoms with Gasteiger partial charge in [0, 0.05) is 49.3 Å². The Morgan fingerprint density at radius 1 is 1.32 bits per heavy atom. The summed E-state index contributed by atoms with van der Waals surface area (Å²) in [6.07, 6.45) is 0. The van der Waals surface area contributed by atoms with Gasteiger partial charge in [0.1, 0.15) is 0 Å². The number of aromatic nitrogens is 1. The van der Waals surface area contributed by atoms with Gasteiger partial charge in [-0.3, -0.25) is 4.79 Å². The van der Waals surface area contributed by atoms with Crippen molar-refractivity contribution in [3.05, 3.63) is 56.3 Å². The Labute approximate surface area is 147 Å². The second-order valence-electron chi connectivity index (χ2n) is 3.99. The number of hydrogen-bond donors (Lipinski definition) is 0. The van der Waals surface area contributed by atoms with E-state index in [9.17, 15) is 4.79 Å². The van der Waals surface area contributed by atoms with Crippen molar-refractivity contribution >= 4 is 23.2 Å². The minimum Gasteiger partial charge on any atom is -0.341 e. The molecule has 2 aromatic rings. The molecule has 0 amide bonds. The van der Waals surface area contributed by atoms with Gasteiger partial charge in [0.05, 0.1) is 0 Å². The molecular weight excluding hydrogens is 358 g/mol. The van der Waals surface area contributed by atoms with Crippen LogP contribution in [-0.2, 0) is 39.3 Å². The van der Waals surface area contributed by atoms with E-state index < -0.39 is 0 Å². The van der Waals surface area contributed by atoms with Crippen LogP contribution in [0, 0.1) is 13.0 Å². The molecule has 1 aromatic carbocycles. The average Bonchev–Trinajstić information content (AvgIpc) is 2.33. The Morgan fingerprint density at radius 2 is 2.00 bits per heavy atom. The third-order valence-corrected chi connectivity index (χ3v) is 3.32. The number of hydrogen-bond acceptors (Lipinski definition) is 1. The van der Waals surface area contributed by atoms with Crippen LogP contribution in [0.1, 0.15) is 12.5 Å². The Balaban J connectivity index is 0.00000180. The summed E-state index contributed by atoms with van der Waals surface area (Å²) in [5, 5.41) is 0.864. The predicted octanol–water partition coefficient (Wildman–Crippen LogP) is 3.95. The fourth-order valence-corrected chi connectivity index (χ4v) is 2.30. The molecule has 1 aromatic heterocycles. The maximum absolute atomic E-state index is 12.0. The van der Waals surface area contributed by atoms with E-state index >= 15 is 0 Å². The van der Waals surface area contributed by atoms with E-state index in [0.717, 1.165) is 16.8 Å². The fourth-order valence-electron chi connectivity index (χ4n) is 1.92. The molecule has 1 radical (unpaired) electrons. The largest absolute Gasteiger partial charge is 0.341 e. The van der Waals surface area contributed by atoms with E-state index in [1.165, 1.54) is 6.07 Å². The maximum Gasteiger partial charge on any atom is 0.212 e. The predicted molar refractivity (Wildman–Crippen MR) is 75.4 cm³/mol. The van der Waals surface area contributed by atoms with Gasteiger partial charge in [-0.15, -0.1) is 6.07 Å². The van der Waals surface area contributed by atoms with Crippen LogP contribution in [-0.4, -0.2) is 4.57 Å². The molecule has 0 fully saturated rings. The minimum atomic E-state index is -0.192. The SMILES string of the molecule is CCn1c(-c2ccc(Cl)cc2C)[c-]cc(Cl)c1=O.[Y]. The first-order chi connectivity index (χ1) is 8.54. The van der Waals surface area contributed by atoms with Gasteiger partial charge in [-0.25, -0.2) is 0 Å². The van der Waals surface area contributed by atoms with Crippen LogP contribution in [0.25, 0.3) is 11.3 Å². The number of nitrogens with zero attached hydrogens (tertiary/aromatic N) is 1. The van der Waals surface area contributed by atoms with E-state index in [0.29, 0.717) is 11.6 Å². The molecule has 1 heterocycles. The van der Waals surface area contributed by atoms with Gasteiger partial charge in [0.15, 0.2) is 0 Å². The summed E-state index contributed by atoms with van der Waals surface area (Å²) in [6, 6.07) is 10.1. The second-order valence-corrected chi connectivity index (χ2v) is 4.84. The summed E-state index contributed by atoms with van der Waals surface area (Å²) < 4.78 is 1.61. The van der Waals surface area contributed by atoms with Gasteiger partial charge in [0.25, 0.3) is 0 Å². The van der Waals surface area contributed by atoms with E-state index in [-0.39, 0.29) is 43.3 Å². The number of aryl methyl sites for hydroxylation is 1. The molecule has 0 unspecified atom stereocenters. The molecule has 0 bridgehead atoms. The molecule has 97 valence electrons. The van der Waals surface area contributed by atoms with Crippen molar-refractivity contribution < 1.29 is 32.7 Å². The van der Waals surface area contributed by atoms with Gasteiger partial charge in [-0.2, -0.15) is 23.7 Å². The molecule has 2 rings (SSSR count). The molecular formula is C14H12Cl2NOY-. The van der Waals surface area contributed by atoms with Crippen molar-refractivity contribution in [2.75, 3.05) is 0 Å². The third-order valence-electron chi connectivity index (χ3n) is 2.81. The number of rotatable bonds is 2. The Morgan fingerprint density at radius 3 is 2.58 bits per heavy atom. The molecule has 0 spiro atoms. The number of halogens is 2. The third kappa shape index (κ3) is 3.49. The van der Waals surface area contributed by atoms with Crippen molar-refractivity contribution in [3.63, 3.8) is 0 Å². The fraction of sp³-hybridized carbons (Fsp3) is 0.214. The van der Waals surface area contributed by atoms with E-state index in [2.05, 4.69) is 6.07 Å². The van der Waals surface area contributed by atoms with Gasteiger partial charge < -0.3 is 4.57 Å². The van der Waals surface area contributed by atoms with Crippen LogP contribution in [0.5, 0.6) is 0 Å². The molecule has 0 aliphatic heterocycles. The van der Waals surface area contributed by atoms with Crippen LogP contribution in [0.2, 0.25) is 10.0 Å². The zero-order valence-electron chi connectivity index (χ0n) is 10.7. The molecule has 0 aliphatic rings. The zero-order valence-corrected chi connectivity index (χ0v) is 15.1. The van der Waals surface area contributed by atoms with Gasteiger partial charge in [0.2, 0.25) is 5.56 Å². The van der Waals surface area contributed by atoms with E-state index in [4.69, 9.17) is 23.2 Å². The van der Waals surface area contributed by atoms with Crippen LogP contribution >= 0.6 is 23.2 Å². The zero-order chi connectivity index (χ0) is 13.3. The van der Waals surface area contributed by atoms with Crippen molar-refractivity contribution in [3.8, 4) is 11.3 Å². The number of benzene rings is 1. The average molecular weight is 370 g/mol. The van der Waals surface area contributed by atoms with Crippen molar-refractivity contribution in [2.24, 2.45) is 0 Å². The van der Waals surface area contributed by atoms with Gasteiger partial charge in [-0.05, 0) is 6.92 Å². The summed E-state index contributed by atoms with van der Waals surface area (Å²) in [7, 11) is 0. The second kappa shape index (κ2) is 7.03. The molecule has 0 saturated heterocycles. The van der Waals surface area contributed by atoms with Crippen molar-refractivity contribution in [1.29, 1.82) is 0 Å². The molecule has 5 heteroatoms. The molecule has 0 N–H and O–H groups in total. The summed E-state index contributed by atoms with van der Waals surface area (Å²) in [5.74, 6) is 0. The first-order valence-corrected chi connectivity index (χ1v) is 6.37. The monoisotopic (exact) mass is 369 g/mol. The molecule has 0 saturated carbocycles. The quantitative estimate of drug-likeness (QED) is 0.734. The summed E-state index contributed by atoms with van der Waals surface area (Å²) in [4.78, 5) is 12.0. The van der Waals surface area contributed by atoms with Gasteiger partial charge in [-0.1, -0.05) is 47.5 Å². The summed E-state index contributed by atoms with van der Waals surface area (Å²) in [5.41, 5.74) is 2.49. The Bertz CT molecular complexity index is 652. The van der Waals surface area contributed by atoms with Crippen LogP contribution < -0.4 is 5.56 Å². The first-order valence-electron chi connectivity index (χ1n) is 5.62. The molecule has 0 aliphatic carbocycles. The van der Waals surface area contributed by atoms with Crippen molar-refractivity contribution in [2.45, 2.75) is 20.4 Å². The Hall–Kier alpha value is -0.146. The molecule has 19 heavy (non-hydrogen) atoms. The Kier molecular flexibility index (Phi) is 6.26. The van der Waals surface area contributed by atoms with Crippen LogP contribution in [0.15, 0.2) is 29.1 Å². The van der Waals surface area contributed by atoms with Crippen LogP contribution in [0.4, 0.5) is 0 Å². The smallest absolute Gasteiger partial charge is 0.212 e. The van der Waals surface area contributed by atoms with Crippen molar-refractivity contribution in [1.82, 2.24) is 4.57 Å². The molecule has 0 atom stereocenters. The maximum atomic E-state index is 12.0. The molecule has 2 nitrogen and oxygen atoms in total. The summed E-state index contributed by atoms with van der Waals surface area (Å²) >= 11 is 11.8. The normalized spacial score (nSPS) is 10.1. The first kappa shape index (κ1) is 16.9. The topological polar surface area (TPSA) is 22.0 Å². The van der Waals surface area contributed by atoms with E-state index in [1.807, 2.05) is 26.0 Å². The summed E-state index contributed by atoms with van der Waals surface area (Å²) in [6.45, 7) is 4.40. The van der Waals surface area contributed by atoms with Gasteiger partial charge >= 0.3 is 0 Å². The standard InChI is InChI=1S/C14H12Cl2NO.Y/c1-3-17-13(7-6-12(16)14(17)18)11-5-4-10(15)8-9(11)2;/h4-6,8H,3H2,1-2H3;/q-1;.